The van der Waals surface area contributed by atoms with Crippen LogP contribution in [0.2, 0.25) is 5.02 Å². The molecule has 0 saturated heterocycles. The molecule has 1 aliphatic heterocycles. The first kappa shape index (κ1) is 23.7. The minimum atomic E-state index is -4.00. The largest absolute Gasteiger partial charge is 0.439 e. The van der Waals surface area contributed by atoms with Gasteiger partial charge in [0.15, 0.2) is 5.75 Å². The predicted molar refractivity (Wildman–Crippen MR) is 119 cm³/mol. The topological polar surface area (TPSA) is 70.1 Å². The molecule has 0 aliphatic carbocycles. The highest BCUT2D eigenvalue weighted by Gasteiger charge is 2.26. The molecule has 1 N–H and O–H groups in total. The lowest BCUT2D eigenvalue weighted by Gasteiger charge is -2.19. The zero-order valence-corrected chi connectivity index (χ0v) is 19.0. The third-order valence-electron chi connectivity index (χ3n) is 4.94. The first-order chi connectivity index (χ1) is 13.8. The summed E-state index contributed by atoms with van der Waals surface area (Å²) in [7, 11) is -4.00. The van der Waals surface area contributed by atoms with Gasteiger partial charge in [-0.25, -0.2) is 0 Å². The molecule has 29 heavy (non-hydrogen) atoms. The molecule has 2 rings (SSSR count). The van der Waals surface area contributed by atoms with Gasteiger partial charge in [0.25, 0.3) is 10.1 Å². The van der Waals surface area contributed by atoms with Crippen LogP contribution in [0.25, 0.3) is 0 Å². The van der Waals surface area contributed by atoms with Crippen molar-refractivity contribution in [3.05, 3.63) is 46.8 Å². The van der Waals surface area contributed by atoms with E-state index in [1.807, 2.05) is 17.0 Å². The van der Waals surface area contributed by atoms with E-state index in [-0.39, 0.29) is 12.2 Å². The van der Waals surface area contributed by atoms with E-state index < -0.39 is 10.1 Å². The molecule has 6 nitrogen and oxygen atoms in total. The lowest BCUT2D eigenvalue weighted by molar-refractivity contribution is 0.310. The van der Waals surface area contributed by atoms with E-state index in [9.17, 15) is 8.42 Å². The van der Waals surface area contributed by atoms with Crippen LogP contribution < -0.4 is 9.64 Å². The highest BCUT2D eigenvalue weighted by Crippen LogP contribution is 2.41. The van der Waals surface area contributed by atoms with Crippen LogP contribution in [0.15, 0.2) is 41.8 Å². The maximum Gasteiger partial charge on any atom is 0.264 e. The number of rotatable bonds is 11. The maximum absolute atomic E-state index is 11.1. The number of hydrogen-bond acceptors (Lipinski definition) is 5. The second-order valence-corrected chi connectivity index (χ2v) is 8.94. The van der Waals surface area contributed by atoms with E-state index in [1.54, 1.807) is 12.1 Å². The quantitative estimate of drug-likeness (QED) is 0.500. The van der Waals surface area contributed by atoms with Crippen LogP contribution in [0.4, 0.5) is 5.69 Å². The fourth-order valence-electron chi connectivity index (χ4n) is 3.25. The summed E-state index contributed by atoms with van der Waals surface area (Å²) in [5, 5.41) is 0.582. The summed E-state index contributed by atoms with van der Waals surface area (Å²) in [5.41, 5.74) is 1.96. The van der Waals surface area contributed by atoms with E-state index in [4.69, 9.17) is 20.9 Å². The lowest BCUT2D eigenvalue weighted by Crippen LogP contribution is -2.24. The van der Waals surface area contributed by atoms with Gasteiger partial charge in [0.1, 0.15) is 0 Å². The Morgan fingerprint density at radius 3 is 2.62 bits per heavy atom. The molecule has 1 heterocycles. The van der Waals surface area contributed by atoms with Crippen LogP contribution in [0.1, 0.15) is 40.0 Å². The molecular weight excluding hydrogens is 412 g/mol. The molecule has 1 aromatic carbocycles. The van der Waals surface area contributed by atoms with E-state index in [1.165, 1.54) is 0 Å². The predicted octanol–water partition coefficient (Wildman–Crippen LogP) is 4.73. The van der Waals surface area contributed by atoms with E-state index in [2.05, 4.69) is 31.7 Å². The lowest BCUT2D eigenvalue weighted by atomic mass is 10.1. The highest BCUT2D eigenvalue weighted by atomic mass is 35.5. The molecule has 0 unspecified atom stereocenters. The van der Waals surface area contributed by atoms with Crippen molar-refractivity contribution in [2.75, 3.05) is 36.8 Å². The number of benzene rings is 1. The van der Waals surface area contributed by atoms with Crippen molar-refractivity contribution in [3.63, 3.8) is 0 Å². The van der Waals surface area contributed by atoms with Crippen molar-refractivity contribution in [3.8, 4) is 5.75 Å². The monoisotopic (exact) mass is 442 g/mol. The van der Waals surface area contributed by atoms with Gasteiger partial charge in [-0.3, -0.25) is 4.55 Å². The smallest absolute Gasteiger partial charge is 0.264 e. The maximum atomic E-state index is 11.1. The summed E-state index contributed by atoms with van der Waals surface area (Å²) in [6, 6.07) is 5.38. The van der Waals surface area contributed by atoms with Gasteiger partial charge in [-0.1, -0.05) is 38.4 Å². The van der Waals surface area contributed by atoms with Gasteiger partial charge in [0.2, 0.25) is 5.88 Å². The van der Waals surface area contributed by atoms with Gasteiger partial charge in [-0.05, 0) is 56.1 Å². The van der Waals surface area contributed by atoms with Gasteiger partial charge in [-0.2, -0.15) is 8.42 Å². The van der Waals surface area contributed by atoms with Crippen LogP contribution in [-0.2, 0) is 10.1 Å². The second-order valence-electron chi connectivity index (χ2n) is 6.94. The number of fused-ring (bicyclic) bond motifs is 1. The Balaban J connectivity index is 2.20. The van der Waals surface area contributed by atoms with Crippen molar-refractivity contribution in [2.45, 2.75) is 40.0 Å². The minimum Gasteiger partial charge on any atom is -0.439 e. The second kappa shape index (κ2) is 11.0. The van der Waals surface area contributed by atoms with Gasteiger partial charge in [-0.15, -0.1) is 0 Å². The molecule has 0 fully saturated rings. The Labute approximate surface area is 179 Å². The number of anilines is 1. The van der Waals surface area contributed by atoms with Crippen molar-refractivity contribution in [1.29, 1.82) is 0 Å². The molecule has 1 aliphatic rings. The molecule has 0 atom stereocenters. The van der Waals surface area contributed by atoms with Crippen LogP contribution in [0.5, 0.6) is 5.75 Å². The molecule has 162 valence electrons. The SMILES string of the molecule is CCC(=CCCN(CC)CC)C=C1Oc2ccc(Cl)cc2N1CCCS(=O)(=O)O. The number of allylic oxidation sites excluding steroid dienone is 2. The summed E-state index contributed by atoms with van der Waals surface area (Å²) >= 11 is 6.15. The molecule has 0 radical (unpaired) electrons. The summed E-state index contributed by atoms with van der Waals surface area (Å²) in [5.74, 6) is 1.03. The zero-order valence-electron chi connectivity index (χ0n) is 17.4. The van der Waals surface area contributed by atoms with Crippen LogP contribution >= 0.6 is 11.6 Å². The average molecular weight is 443 g/mol. The van der Waals surface area contributed by atoms with Crippen LogP contribution in [0.3, 0.4) is 0 Å². The number of ether oxygens (including phenoxy) is 1. The van der Waals surface area contributed by atoms with Crippen LogP contribution in [0, 0.1) is 0 Å². The molecule has 0 aromatic heterocycles. The summed E-state index contributed by atoms with van der Waals surface area (Å²) in [6.07, 6.45) is 6.32. The number of halogens is 1. The Hall–Kier alpha value is -1.54. The van der Waals surface area contributed by atoms with E-state index in [0.29, 0.717) is 23.2 Å². The van der Waals surface area contributed by atoms with Gasteiger partial charge in [0, 0.05) is 24.2 Å². The van der Waals surface area contributed by atoms with Crippen molar-refractivity contribution < 1.29 is 17.7 Å². The number of nitrogens with zero attached hydrogens (tertiary/aromatic N) is 2. The van der Waals surface area contributed by atoms with Crippen molar-refractivity contribution >= 4 is 27.4 Å². The van der Waals surface area contributed by atoms with Gasteiger partial charge in [0.05, 0.1) is 11.4 Å². The molecule has 8 heteroatoms. The Morgan fingerprint density at radius 1 is 1.28 bits per heavy atom. The number of hydrogen-bond donors (Lipinski definition) is 1. The highest BCUT2D eigenvalue weighted by molar-refractivity contribution is 7.85. The molecule has 0 bridgehead atoms. The Kier molecular flexibility index (Phi) is 9.02. The minimum absolute atomic E-state index is 0.276. The summed E-state index contributed by atoms with van der Waals surface area (Å²) < 4.78 is 37.2. The fourth-order valence-corrected chi connectivity index (χ4v) is 3.91. The first-order valence-electron chi connectivity index (χ1n) is 10.1. The Morgan fingerprint density at radius 2 is 2.00 bits per heavy atom. The third kappa shape index (κ3) is 7.33. The van der Waals surface area contributed by atoms with Gasteiger partial charge < -0.3 is 14.5 Å². The summed E-state index contributed by atoms with van der Waals surface area (Å²) in [6.45, 7) is 9.90. The summed E-state index contributed by atoms with van der Waals surface area (Å²) in [4.78, 5) is 4.29. The standard InChI is InChI=1S/C21H31ClN2O4S/c1-4-17(9-7-12-23(5-2)6-3)15-21-24(13-8-14-29(25,26)27)19-16-18(22)10-11-20(19)28-21/h9-11,15-16H,4-8,12-14H2,1-3H3,(H,25,26,27). The molecular formula is C21H31ClN2O4S. The molecule has 1 aromatic rings. The Bertz CT molecular complexity index is 848. The fraction of sp³-hybridized carbons (Fsp3) is 0.524. The molecule has 0 spiro atoms. The van der Waals surface area contributed by atoms with E-state index >= 15 is 0 Å². The molecule has 0 saturated carbocycles. The molecule has 0 amide bonds. The third-order valence-corrected chi connectivity index (χ3v) is 5.98. The normalized spacial score (nSPS) is 15.9. The van der Waals surface area contributed by atoms with Crippen molar-refractivity contribution in [2.24, 2.45) is 0 Å². The zero-order chi connectivity index (χ0) is 21.4. The van der Waals surface area contributed by atoms with E-state index in [0.717, 1.165) is 43.7 Å². The average Bonchev–Trinajstić information content (AvgIpc) is 3.00. The van der Waals surface area contributed by atoms with Gasteiger partial charge >= 0.3 is 0 Å². The first-order valence-corrected chi connectivity index (χ1v) is 12.1. The van der Waals surface area contributed by atoms with Crippen molar-refractivity contribution in [1.82, 2.24) is 4.90 Å². The van der Waals surface area contributed by atoms with Crippen LogP contribution in [-0.4, -0.2) is 49.8 Å².